The topological polar surface area (TPSA) is 98.2 Å². The van der Waals surface area contributed by atoms with Crippen molar-refractivity contribution in [1.29, 1.82) is 0 Å². The van der Waals surface area contributed by atoms with E-state index in [2.05, 4.69) is 41.1 Å². The molecule has 0 aromatic heterocycles. The number of carbonyl (C=O) groups is 3. The van der Waals surface area contributed by atoms with Crippen molar-refractivity contribution >= 4 is 29.5 Å². The average Bonchev–Trinajstić information content (AvgIpc) is 2.87. The van der Waals surface area contributed by atoms with Gasteiger partial charge in [0.25, 0.3) is 0 Å². The molecule has 2 aliphatic heterocycles. The van der Waals surface area contributed by atoms with E-state index in [1.807, 2.05) is 24.3 Å². The van der Waals surface area contributed by atoms with Crippen LogP contribution >= 0.6 is 11.8 Å². The molecule has 162 valence electrons. The lowest BCUT2D eigenvalue weighted by molar-refractivity contribution is -0.134. The Labute approximate surface area is 185 Å². The molecule has 31 heavy (non-hydrogen) atoms. The summed E-state index contributed by atoms with van der Waals surface area (Å²) in [6, 6.07) is 16.2. The molecule has 7 nitrogen and oxygen atoms in total. The highest BCUT2D eigenvalue weighted by atomic mass is 32.2. The Morgan fingerprint density at radius 2 is 1.45 bits per heavy atom. The fraction of sp³-hybridized carbons (Fsp3) is 0.261. The number of carbonyl (C=O) groups excluding carboxylic acids is 1. The molecular weight excluding hydrogens is 416 g/mol. The molecule has 0 aliphatic carbocycles. The Balaban J connectivity index is 0.000000293. The van der Waals surface area contributed by atoms with Crippen LogP contribution in [0.25, 0.3) is 0 Å². The Hall–Kier alpha value is -2.94. The second kappa shape index (κ2) is 10.4. The largest absolute Gasteiger partial charge is 0.478 e. The highest BCUT2D eigenvalue weighted by Gasteiger charge is 2.35. The van der Waals surface area contributed by atoms with E-state index in [1.165, 1.54) is 4.90 Å². The first-order chi connectivity index (χ1) is 14.9. The molecule has 0 saturated carbocycles. The van der Waals surface area contributed by atoms with Gasteiger partial charge in [0.2, 0.25) is 0 Å². The molecule has 0 bridgehead atoms. The predicted molar refractivity (Wildman–Crippen MR) is 118 cm³/mol. The van der Waals surface area contributed by atoms with Gasteiger partial charge in [-0.15, -0.1) is 0 Å². The molecule has 1 saturated heterocycles. The second-order valence-electron chi connectivity index (χ2n) is 7.25. The number of hydrogen-bond donors (Lipinski definition) is 2. The summed E-state index contributed by atoms with van der Waals surface area (Å²) in [5.74, 6) is -2.28. The van der Waals surface area contributed by atoms with Crippen LogP contribution in [0.3, 0.4) is 0 Å². The fourth-order valence-corrected chi connectivity index (χ4v) is 4.66. The van der Waals surface area contributed by atoms with Crippen LogP contribution in [0.1, 0.15) is 22.0 Å². The molecule has 2 aromatic rings. The minimum atomic E-state index is -1.26. The highest BCUT2D eigenvalue weighted by Crippen LogP contribution is 2.42. The zero-order valence-electron chi connectivity index (χ0n) is 17.1. The van der Waals surface area contributed by atoms with Crippen LogP contribution in [-0.2, 0) is 9.59 Å². The van der Waals surface area contributed by atoms with E-state index in [9.17, 15) is 14.4 Å². The van der Waals surface area contributed by atoms with E-state index in [0.717, 1.165) is 42.2 Å². The van der Waals surface area contributed by atoms with Crippen molar-refractivity contribution in [3.05, 3.63) is 71.8 Å². The van der Waals surface area contributed by atoms with Crippen molar-refractivity contribution in [1.82, 2.24) is 9.80 Å². The second-order valence-corrected chi connectivity index (χ2v) is 8.34. The smallest absolute Gasteiger partial charge is 0.328 e. The van der Waals surface area contributed by atoms with Crippen molar-refractivity contribution in [2.24, 2.45) is 0 Å². The van der Waals surface area contributed by atoms with Crippen molar-refractivity contribution < 1.29 is 24.6 Å². The van der Waals surface area contributed by atoms with Crippen molar-refractivity contribution in [2.75, 3.05) is 33.2 Å². The zero-order chi connectivity index (χ0) is 22.4. The molecule has 8 heteroatoms. The van der Waals surface area contributed by atoms with E-state index >= 15 is 0 Å². The first-order valence-electron chi connectivity index (χ1n) is 9.83. The standard InChI is InChI=1S/C19H20N2OS.C4H4O4/c1-20-10-12-21(13-11-20)18-14-6-2-4-8-16(14)23-17-9-5-3-7-15(17)19(18)22;5-3(6)1-2-4(7)8/h2-9,18H,10-13H2,1H3;1-2H,(H,5,6)(H,7,8)/b;2-1-. The highest BCUT2D eigenvalue weighted by molar-refractivity contribution is 7.99. The number of fused-ring (bicyclic) bond motifs is 2. The summed E-state index contributed by atoms with van der Waals surface area (Å²) in [4.78, 5) is 39.4. The number of carboxylic acids is 2. The molecule has 1 unspecified atom stereocenters. The molecule has 0 spiro atoms. The molecule has 2 N–H and O–H groups in total. The lowest BCUT2D eigenvalue weighted by Gasteiger charge is -2.37. The van der Waals surface area contributed by atoms with E-state index in [0.29, 0.717) is 12.2 Å². The number of hydrogen-bond acceptors (Lipinski definition) is 6. The number of Topliss-reactive ketones (excluding diaryl/α,β-unsaturated/α-hetero) is 1. The van der Waals surface area contributed by atoms with Crippen molar-refractivity contribution in [2.45, 2.75) is 15.8 Å². The monoisotopic (exact) mass is 440 g/mol. The van der Waals surface area contributed by atoms with Crippen LogP contribution < -0.4 is 0 Å². The van der Waals surface area contributed by atoms with Gasteiger partial charge in [-0.05, 0) is 24.7 Å². The van der Waals surface area contributed by atoms with Crippen LogP contribution in [-0.4, -0.2) is 71.0 Å². The summed E-state index contributed by atoms with van der Waals surface area (Å²) >= 11 is 1.72. The first-order valence-corrected chi connectivity index (χ1v) is 10.6. The van der Waals surface area contributed by atoms with Gasteiger partial charge in [0.05, 0.1) is 0 Å². The summed E-state index contributed by atoms with van der Waals surface area (Å²) < 4.78 is 0. The number of piperazine rings is 1. The van der Waals surface area contributed by atoms with Gasteiger partial charge >= 0.3 is 11.9 Å². The summed E-state index contributed by atoms with van der Waals surface area (Å²) in [6.07, 6.45) is 1.12. The number of rotatable bonds is 3. The lowest BCUT2D eigenvalue weighted by atomic mass is 9.95. The van der Waals surface area contributed by atoms with E-state index in [1.54, 1.807) is 11.8 Å². The normalized spacial score (nSPS) is 19.0. The number of benzene rings is 2. The Bertz CT molecular complexity index is 983. The van der Waals surface area contributed by atoms with Crippen molar-refractivity contribution in [3.8, 4) is 0 Å². The van der Waals surface area contributed by atoms with Gasteiger partial charge in [0.1, 0.15) is 6.04 Å². The van der Waals surface area contributed by atoms with Gasteiger partial charge in [-0.25, -0.2) is 9.59 Å². The number of likely N-dealkylation sites (N-methyl/N-ethyl adjacent to an activating group) is 1. The molecule has 0 radical (unpaired) electrons. The SMILES string of the molecule is CN1CCN(C2C(=O)c3ccccc3Sc3ccccc32)CC1.O=C(O)/C=C\C(=O)O. The average molecular weight is 441 g/mol. The Morgan fingerprint density at radius 1 is 0.903 bits per heavy atom. The van der Waals surface area contributed by atoms with Gasteiger partial charge < -0.3 is 15.1 Å². The summed E-state index contributed by atoms with van der Waals surface area (Å²) in [7, 11) is 2.14. The minimum absolute atomic E-state index is 0.156. The molecule has 2 heterocycles. The van der Waals surface area contributed by atoms with Gasteiger partial charge in [-0.2, -0.15) is 0 Å². The maximum atomic E-state index is 13.3. The Kier molecular flexibility index (Phi) is 7.62. The summed E-state index contributed by atoms with van der Waals surface area (Å²) in [5, 5.41) is 15.6. The maximum absolute atomic E-state index is 13.3. The van der Waals surface area contributed by atoms with Gasteiger partial charge in [-0.3, -0.25) is 9.69 Å². The van der Waals surface area contributed by atoms with Gasteiger partial charge in [0, 0.05) is 53.7 Å². The van der Waals surface area contributed by atoms with Crippen molar-refractivity contribution in [3.63, 3.8) is 0 Å². The quantitative estimate of drug-likeness (QED) is 0.703. The Morgan fingerprint density at radius 3 is 2.06 bits per heavy atom. The third kappa shape index (κ3) is 5.81. The third-order valence-electron chi connectivity index (χ3n) is 5.11. The number of carboxylic acid groups (broad SMARTS) is 2. The van der Waals surface area contributed by atoms with Crippen LogP contribution in [0.4, 0.5) is 0 Å². The van der Waals surface area contributed by atoms with Crippen LogP contribution in [0.5, 0.6) is 0 Å². The number of aliphatic carboxylic acids is 2. The van der Waals surface area contributed by atoms with E-state index in [-0.39, 0.29) is 11.8 Å². The van der Waals surface area contributed by atoms with E-state index in [4.69, 9.17) is 10.2 Å². The molecule has 1 atom stereocenters. The van der Waals surface area contributed by atoms with Gasteiger partial charge in [0.15, 0.2) is 5.78 Å². The van der Waals surface area contributed by atoms with Gasteiger partial charge in [-0.1, -0.05) is 48.2 Å². The first kappa shape index (κ1) is 22.7. The molecule has 4 rings (SSSR count). The summed E-state index contributed by atoms with van der Waals surface area (Å²) in [5.41, 5.74) is 2.01. The lowest BCUT2D eigenvalue weighted by Crippen LogP contribution is -2.47. The van der Waals surface area contributed by atoms with Crippen LogP contribution in [0, 0.1) is 0 Å². The fourth-order valence-electron chi connectivity index (χ4n) is 3.55. The molecule has 1 fully saturated rings. The van der Waals surface area contributed by atoms with Crippen LogP contribution in [0.2, 0.25) is 0 Å². The zero-order valence-corrected chi connectivity index (χ0v) is 17.9. The predicted octanol–water partition coefficient (Wildman–Crippen LogP) is 3.03. The molecular formula is C23H24N2O5S. The number of ketones is 1. The minimum Gasteiger partial charge on any atom is -0.478 e. The third-order valence-corrected chi connectivity index (χ3v) is 6.27. The molecule has 0 amide bonds. The summed E-state index contributed by atoms with van der Waals surface area (Å²) in [6.45, 7) is 3.91. The maximum Gasteiger partial charge on any atom is 0.328 e. The number of nitrogens with zero attached hydrogens (tertiary/aromatic N) is 2. The molecule has 2 aromatic carbocycles. The molecule has 2 aliphatic rings. The van der Waals surface area contributed by atoms with Crippen LogP contribution in [0.15, 0.2) is 70.5 Å². The van der Waals surface area contributed by atoms with E-state index < -0.39 is 11.9 Å².